The van der Waals surface area contributed by atoms with E-state index in [0.29, 0.717) is 17.9 Å². The first kappa shape index (κ1) is 21.9. The van der Waals surface area contributed by atoms with Crippen molar-refractivity contribution in [2.45, 2.75) is 57.6 Å². The van der Waals surface area contributed by atoms with Crippen LogP contribution in [-0.2, 0) is 14.8 Å². The van der Waals surface area contributed by atoms with Gasteiger partial charge in [0.15, 0.2) is 6.10 Å². The zero-order valence-electron chi connectivity index (χ0n) is 16.9. The normalized spacial score (nSPS) is 13.0. The number of hydrogen-bond donors (Lipinski definition) is 2. The maximum atomic E-state index is 12.6. The van der Waals surface area contributed by atoms with E-state index in [2.05, 4.69) is 10.0 Å². The number of para-hydroxylation sites is 1. The van der Waals surface area contributed by atoms with Gasteiger partial charge in [0.1, 0.15) is 5.75 Å². The van der Waals surface area contributed by atoms with Crippen molar-refractivity contribution in [1.82, 2.24) is 4.72 Å². The Morgan fingerprint density at radius 2 is 1.68 bits per heavy atom. The topological polar surface area (TPSA) is 84.5 Å². The zero-order valence-corrected chi connectivity index (χ0v) is 17.8. The number of sulfonamides is 1. The molecule has 0 fully saturated rings. The van der Waals surface area contributed by atoms with E-state index in [4.69, 9.17) is 4.74 Å². The van der Waals surface area contributed by atoms with Crippen molar-refractivity contribution in [1.29, 1.82) is 0 Å². The molecule has 2 aromatic rings. The first-order valence-corrected chi connectivity index (χ1v) is 10.7. The second-order valence-corrected chi connectivity index (χ2v) is 9.33. The summed E-state index contributed by atoms with van der Waals surface area (Å²) >= 11 is 0. The largest absolute Gasteiger partial charge is 0.480 e. The number of rotatable bonds is 7. The first-order valence-electron chi connectivity index (χ1n) is 9.19. The molecule has 0 radical (unpaired) electrons. The summed E-state index contributed by atoms with van der Waals surface area (Å²) in [6.07, 6.45) is -0.144. The van der Waals surface area contributed by atoms with Gasteiger partial charge in [-0.2, -0.15) is 0 Å². The van der Waals surface area contributed by atoms with Crippen LogP contribution in [0.4, 0.5) is 5.69 Å². The van der Waals surface area contributed by atoms with Crippen molar-refractivity contribution in [2.75, 3.05) is 5.32 Å². The van der Waals surface area contributed by atoms with E-state index in [0.717, 1.165) is 5.56 Å². The number of hydrogen-bond acceptors (Lipinski definition) is 4. The summed E-state index contributed by atoms with van der Waals surface area (Å²) in [6, 6.07) is 13.6. The fourth-order valence-corrected chi connectivity index (χ4v) is 3.98. The predicted molar refractivity (Wildman–Crippen MR) is 111 cm³/mol. The van der Waals surface area contributed by atoms with Crippen molar-refractivity contribution in [3.05, 3.63) is 54.1 Å². The number of ether oxygens (including phenoxy) is 1. The Morgan fingerprint density at radius 1 is 1.07 bits per heavy atom. The van der Waals surface area contributed by atoms with Gasteiger partial charge >= 0.3 is 0 Å². The Morgan fingerprint density at radius 3 is 2.21 bits per heavy atom. The van der Waals surface area contributed by atoms with Gasteiger partial charge in [-0.1, -0.05) is 25.1 Å². The Kier molecular flexibility index (Phi) is 6.85. The molecule has 2 aromatic carbocycles. The van der Waals surface area contributed by atoms with Crippen LogP contribution in [0, 0.1) is 6.92 Å². The van der Waals surface area contributed by atoms with Gasteiger partial charge in [0.25, 0.3) is 5.91 Å². The SMILES string of the molecule is CCC(Oc1ccccc1C)C(=O)Nc1ccc(S(=O)(=O)NC(C)(C)C)cc1. The fraction of sp³-hybridized carbons (Fsp3) is 0.381. The van der Waals surface area contributed by atoms with Crippen molar-refractivity contribution in [3.8, 4) is 5.75 Å². The third-order valence-corrected chi connectivity index (χ3v) is 5.67. The third-order valence-electron chi connectivity index (χ3n) is 3.90. The van der Waals surface area contributed by atoms with Gasteiger partial charge < -0.3 is 10.1 Å². The van der Waals surface area contributed by atoms with Crippen LogP contribution in [0.25, 0.3) is 0 Å². The average molecular weight is 405 g/mol. The minimum atomic E-state index is -3.62. The monoisotopic (exact) mass is 404 g/mol. The molecular weight excluding hydrogens is 376 g/mol. The van der Waals surface area contributed by atoms with Gasteiger partial charge in [-0.25, -0.2) is 13.1 Å². The van der Waals surface area contributed by atoms with Crippen LogP contribution in [0.5, 0.6) is 5.75 Å². The van der Waals surface area contributed by atoms with Crippen LogP contribution in [0.2, 0.25) is 0 Å². The average Bonchev–Trinajstić information content (AvgIpc) is 2.59. The molecule has 1 amide bonds. The molecule has 0 saturated carbocycles. The minimum Gasteiger partial charge on any atom is -0.480 e. The number of anilines is 1. The molecular formula is C21H28N2O4S. The highest BCUT2D eigenvalue weighted by Crippen LogP contribution is 2.20. The van der Waals surface area contributed by atoms with Gasteiger partial charge in [-0.05, 0) is 70.0 Å². The number of carbonyl (C=O) groups excluding carboxylic acids is 1. The maximum Gasteiger partial charge on any atom is 0.265 e. The van der Waals surface area contributed by atoms with Crippen LogP contribution in [0.3, 0.4) is 0 Å². The molecule has 28 heavy (non-hydrogen) atoms. The number of nitrogens with one attached hydrogen (secondary N) is 2. The molecule has 2 rings (SSSR count). The van der Waals surface area contributed by atoms with E-state index in [1.54, 1.807) is 32.9 Å². The molecule has 1 atom stereocenters. The quantitative estimate of drug-likeness (QED) is 0.734. The van der Waals surface area contributed by atoms with Crippen LogP contribution in [-0.4, -0.2) is 26.0 Å². The molecule has 2 N–H and O–H groups in total. The number of amides is 1. The molecule has 0 saturated heterocycles. The summed E-state index contributed by atoms with van der Waals surface area (Å²) in [5.74, 6) is 0.383. The Bertz CT molecular complexity index is 916. The molecule has 1 unspecified atom stereocenters. The molecule has 0 bridgehead atoms. The highest BCUT2D eigenvalue weighted by Gasteiger charge is 2.23. The summed E-state index contributed by atoms with van der Waals surface area (Å²) in [4.78, 5) is 12.7. The Labute approximate surface area is 167 Å². The molecule has 0 aliphatic rings. The molecule has 0 aromatic heterocycles. The standard InChI is InChI=1S/C21H28N2O4S/c1-6-18(27-19-10-8-7-9-15(19)2)20(24)22-16-11-13-17(14-12-16)28(25,26)23-21(3,4)5/h7-14,18,23H,6H2,1-5H3,(H,22,24). The van der Waals surface area contributed by atoms with Crippen LogP contribution >= 0.6 is 0 Å². The number of benzene rings is 2. The van der Waals surface area contributed by atoms with Gasteiger partial charge in [0.2, 0.25) is 10.0 Å². The van der Waals surface area contributed by atoms with E-state index in [1.165, 1.54) is 12.1 Å². The highest BCUT2D eigenvalue weighted by atomic mass is 32.2. The van der Waals surface area contributed by atoms with Crippen LogP contribution in [0.15, 0.2) is 53.4 Å². The molecule has 0 aliphatic heterocycles. The Balaban J connectivity index is 2.08. The first-order chi connectivity index (χ1) is 13.0. The Hall–Kier alpha value is -2.38. The van der Waals surface area contributed by atoms with E-state index < -0.39 is 21.7 Å². The second kappa shape index (κ2) is 8.75. The van der Waals surface area contributed by atoms with Crippen molar-refractivity contribution in [3.63, 3.8) is 0 Å². The van der Waals surface area contributed by atoms with E-state index in [1.807, 2.05) is 38.1 Å². The molecule has 6 nitrogen and oxygen atoms in total. The maximum absolute atomic E-state index is 12.6. The lowest BCUT2D eigenvalue weighted by Crippen LogP contribution is -2.40. The fourth-order valence-electron chi connectivity index (χ4n) is 2.57. The zero-order chi connectivity index (χ0) is 20.9. The molecule has 152 valence electrons. The summed E-state index contributed by atoms with van der Waals surface area (Å²) in [5, 5.41) is 2.78. The lowest BCUT2D eigenvalue weighted by Gasteiger charge is -2.20. The van der Waals surface area contributed by atoms with Gasteiger partial charge in [0, 0.05) is 11.2 Å². The third kappa shape index (κ3) is 6.07. The minimum absolute atomic E-state index is 0.142. The molecule has 0 heterocycles. The van der Waals surface area contributed by atoms with E-state index in [9.17, 15) is 13.2 Å². The summed E-state index contributed by atoms with van der Waals surface area (Å²) in [6.45, 7) is 9.12. The van der Waals surface area contributed by atoms with E-state index >= 15 is 0 Å². The highest BCUT2D eigenvalue weighted by molar-refractivity contribution is 7.89. The summed E-state index contributed by atoms with van der Waals surface area (Å²) in [5.41, 5.74) is 0.883. The molecule has 0 aliphatic carbocycles. The van der Waals surface area contributed by atoms with Gasteiger partial charge in [-0.15, -0.1) is 0 Å². The lowest BCUT2D eigenvalue weighted by molar-refractivity contribution is -0.122. The molecule has 7 heteroatoms. The van der Waals surface area contributed by atoms with Crippen molar-refractivity contribution < 1.29 is 17.9 Å². The number of aryl methyl sites for hydroxylation is 1. The summed E-state index contributed by atoms with van der Waals surface area (Å²) in [7, 11) is -3.62. The van der Waals surface area contributed by atoms with Gasteiger partial charge in [0.05, 0.1) is 4.90 Å². The van der Waals surface area contributed by atoms with E-state index in [-0.39, 0.29) is 10.8 Å². The molecule has 0 spiro atoms. The van der Waals surface area contributed by atoms with Crippen molar-refractivity contribution >= 4 is 21.6 Å². The van der Waals surface area contributed by atoms with Crippen LogP contribution < -0.4 is 14.8 Å². The van der Waals surface area contributed by atoms with Crippen LogP contribution in [0.1, 0.15) is 39.7 Å². The second-order valence-electron chi connectivity index (χ2n) is 7.65. The van der Waals surface area contributed by atoms with Crippen molar-refractivity contribution in [2.24, 2.45) is 0 Å². The lowest BCUT2D eigenvalue weighted by atomic mass is 10.1. The number of carbonyl (C=O) groups is 1. The van der Waals surface area contributed by atoms with Gasteiger partial charge in [-0.3, -0.25) is 4.79 Å². The smallest absolute Gasteiger partial charge is 0.265 e. The summed E-state index contributed by atoms with van der Waals surface area (Å²) < 4.78 is 33.1. The predicted octanol–water partition coefficient (Wildman–Crippen LogP) is 3.87.